The first-order chi connectivity index (χ1) is 15.7. The highest BCUT2D eigenvalue weighted by Gasteiger charge is 2.19. The molecule has 3 rings (SSSR count). The lowest BCUT2D eigenvalue weighted by Crippen LogP contribution is -2.23. The number of carboxylic acid groups (broad SMARTS) is 1. The number of ether oxygens (including phenoxy) is 2. The van der Waals surface area contributed by atoms with E-state index < -0.39 is 12.1 Å². The zero-order valence-electron chi connectivity index (χ0n) is 18.3. The van der Waals surface area contributed by atoms with Crippen LogP contribution in [0.5, 0.6) is 11.5 Å². The van der Waals surface area contributed by atoms with Gasteiger partial charge in [0.05, 0.1) is 27.3 Å². The van der Waals surface area contributed by atoms with Crippen LogP contribution in [0, 0.1) is 3.57 Å². The number of benzene rings is 2. The summed E-state index contributed by atoms with van der Waals surface area (Å²) < 4.78 is 14.0. The molecule has 2 aromatic carbocycles. The summed E-state index contributed by atoms with van der Waals surface area (Å²) in [5, 5.41) is 14.1. The summed E-state index contributed by atoms with van der Waals surface area (Å²) >= 11 is 5.46. The number of aromatic nitrogens is 2. The van der Waals surface area contributed by atoms with Gasteiger partial charge in [-0.05, 0) is 78.8 Å². The summed E-state index contributed by atoms with van der Waals surface area (Å²) in [5.41, 5.74) is 1.04. The van der Waals surface area contributed by atoms with E-state index in [1.807, 2.05) is 26.0 Å². The zero-order chi connectivity index (χ0) is 24.1. The van der Waals surface area contributed by atoms with Gasteiger partial charge in [0.25, 0.3) is 5.56 Å². The first-order valence-corrected chi connectivity index (χ1v) is 12.2. The third kappa shape index (κ3) is 5.91. The average molecular weight is 628 g/mol. The van der Waals surface area contributed by atoms with E-state index in [9.17, 15) is 14.7 Å². The van der Waals surface area contributed by atoms with E-state index >= 15 is 0 Å². The van der Waals surface area contributed by atoms with E-state index in [0.717, 1.165) is 10.9 Å². The number of fused-ring (bicyclic) bond motifs is 1. The number of nitrogens with zero attached hydrogens (tertiary/aromatic N) is 3. The fraction of sp³-hybridized carbons (Fsp3) is 0.304. The number of aliphatic carboxylic acids is 1. The summed E-state index contributed by atoms with van der Waals surface area (Å²) in [6.07, 6.45) is 1.93. The Labute approximate surface area is 212 Å². The molecule has 0 bridgehead atoms. The molecule has 3 aromatic rings. The van der Waals surface area contributed by atoms with E-state index in [0.29, 0.717) is 50.4 Å². The van der Waals surface area contributed by atoms with Gasteiger partial charge in [0.1, 0.15) is 5.82 Å². The second-order valence-corrected chi connectivity index (χ2v) is 9.24. The van der Waals surface area contributed by atoms with Crippen molar-refractivity contribution in [3.63, 3.8) is 0 Å². The summed E-state index contributed by atoms with van der Waals surface area (Å²) in [6, 6.07) is 8.88. The van der Waals surface area contributed by atoms with E-state index in [4.69, 9.17) is 9.47 Å². The fourth-order valence-corrected chi connectivity index (χ4v) is 4.20. The van der Waals surface area contributed by atoms with Crippen molar-refractivity contribution < 1.29 is 19.4 Å². The molecule has 174 valence electrons. The highest BCUT2D eigenvalue weighted by atomic mass is 127. The largest absolute Gasteiger partial charge is 0.490 e. The number of rotatable bonds is 9. The third-order valence-corrected chi connectivity index (χ3v) is 5.94. The minimum absolute atomic E-state index is 0.254. The molecule has 33 heavy (non-hydrogen) atoms. The Morgan fingerprint density at radius 1 is 1.33 bits per heavy atom. The maximum Gasteiger partial charge on any atom is 0.344 e. The monoisotopic (exact) mass is 627 g/mol. The van der Waals surface area contributed by atoms with Crippen molar-refractivity contribution in [2.45, 2.75) is 39.7 Å². The molecule has 0 aliphatic heterocycles. The molecular weight excluding hydrogens is 605 g/mol. The van der Waals surface area contributed by atoms with Gasteiger partial charge in [0, 0.05) is 10.9 Å². The third-order valence-electron chi connectivity index (χ3n) is 4.65. The molecular formula is C23H23BrIN3O5. The summed E-state index contributed by atoms with van der Waals surface area (Å²) in [4.78, 5) is 29.0. The van der Waals surface area contributed by atoms with E-state index in [1.165, 1.54) is 11.6 Å². The van der Waals surface area contributed by atoms with Gasteiger partial charge >= 0.3 is 5.97 Å². The second-order valence-electron chi connectivity index (χ2n) is 7.16. The summed E-state index contributed by atoms with van der Waals surface area (Å²) in [6.45, 7) is 5.67. The van der Waals surface area contributed by atoms with Gasteiger partial charge in [-0.3, -0.25) is 4.79 Å². The molecule has 0 saturated heterocycles. The predicted molar refractivity (Wildman–Crippen MR) is 139 cm³/mol. The van der Waals surface area contributed by atoms with Crippen molar-refractivity contribution in [2.75, 3.05) is 6.61 Å². The zero-order valence-corrected chi connectivity index (χ0v) is 22.1. The van der Waals surface area contributed by atoms with Gasteiger partial charge in [-0.25, -0.2) is 9.78 Å². The molecule has 8 nitrogen and oxygen atoms in total. The smallest absolute Gasteiger partial charge is 0.344 e. The molecule has 1 aromatic heterocycles. The van der Waals surface area contributed by atoms with Crippen LogP contribution in [0.2, 0.25) is 0 Å². The van der Waals surface area contributed by atoms with Gasteiger partial charge in [-0.15, -0.1) is 0 Å². The Kier molecular flexibility index (Phi) is 8.46. The second kappa shape index (κ2) is 11.1. The predicted octanol–water partition coefficient (Wildman–Crippen LogP) is 4.85. The standard InChI is InChI=1S/C23H23BrIN3O5/c1-4-6-20-27-18-8-7-15(24)11-16(18)22(29)28(20)26-12-14-9-17(25)21(19(10-14)32-5-2)33-13(3)23(30)31/h7-13H,4-6H2,1-3H3,(H,30,31)/t13-/m1/s1. The van der Waals surface area contributed by atoms with Gasteiger partial charge < -0.3 is 14.6 Å². The van der Waals surface area contributed by atoms with Crippen LogP contribution in [-0.2, 0) is 11.2 Å². The lowest BCUT2D eigenvalue weighted by Gasteiger charge is -2.17. The Morgan fingerprint density at radius 3 is 2.76 bits per heavy atom. The summed E-state index contributed by atoms with van der Waals surface area (Å²) in [5.74, 6) is 0.256. The average Bonchev–Trinajstić information content (AvgIpc) is 2.76. The topological polar surface area (TPSA) is 103 Å². The van der Waals surface area contributed by atoms with Gasteiger partial charge in [-0.2, -0.15) is 9.78 Å². The number of aryl methyl sites for hydroxylation is 1. The molecule has 0 saturated carbocycles. The number of carboxylic acids is 1. The van der Waals surface area contributed by atoms with Crippen molar-refractivity contribution in [1.29, 1.82) is 0 Å². The number of carbonyl (C=O) groups is 1. The van der Waals surface area contributed by atoms with E-state index in [1.54, 1.807) is 24.4 Å². The van der Waals surface area contributed by atoms with Gasteiger partial charge in [0.15, 0.2) is 17.6 Å². The van der Waals surface area contributed by atoms with Gasteiger partial charge in [0.2, 0.25) is 0 Å². The van der Waals surface area contributed by atoms with Crippen molar-refractivity contribution in [3.05, 3.63) is 60.1 Å². The number of hydrogen-bond donors (Lipinski definition) is 1. The van der Waals surface area contributed by atoms with Crippen molar-refractivity contribution in [1.82, 2.24) is 9.66 Å². The summed E-state index contributed by atoms with van der Waals surface area (Å²) in [7, 11) is 0. The van der Waals surface area contributed by atoms with Crippen molar-refractivity contribution in [3.8, 4) is 11.5 Å². The van der Waals surface area contributed by atoms with Crippen LogP contribution >= 0.6 is 38.5 Å². The highest BCUT2D eigenvalue weighted by molar-refractivity contribution is 14.1. The first-order valence-electron chi connectivity index (χ1n) is 10.4. The molecule has 0 amide bonds. The van der Waals surface area contributed by atoms with Crippen LogP contribution in [0.4, 0.5) is 0 Å². The highest BCUT2D eigenvalue weighted by Crippen LogP contribution is 2.34. The van der Waals surface area contributed by atoms with Crippen molar-refractivity contribution in [2.24, 2.45) is 5.10 Å². The minimum atomic E-state index is -1.07. The molecule has 0 radical (unpaired) electrons. The molecule has 1 heterocycles. The maximum absolute atomic E-state index is 13.2. The first kappa shape index (κ1) is 25.2. The fourth-order valence-electron chi connectivity index (χ4n) is 3.09. The Morgan fingerprint density at radius 2 is 2.09 bits per heavy atom. The SMILES string of the molecule is CCCc1nc2ccc(Br)cc2c(=O)n1N=Cc1cc(I)c(O[C@H](C)C(=O)O)c(OCC)c1. The van der Waals surface area contributed by atoms with Crippen LogP contribution in [0.25, 0.3) is 10.9 Å². The minimum Gasteiger partial charge on any atom is -0.490 e. The maximum atomic E-state index is 13.2. The normalized spacial score (nSPS) is 12.3. The van der Waals surface area contributed by atoms with Crippen LogP contribution in [-0.4, -0.2) is 39.7 Å². The van der Waals surface area contributed by atoms with E-state index in [2.05, 4.69) is 48.6 Å². The number of halogens is 2. The molecule has 0 unspecified atom stereocenters. The molecule has 0 spiro atoms. The van der Waals surface area contributed by atoms with Crippen molar-refractivity contribution >= 4 is 61.6 Å². The molecule has 0 aliphatic rings. The van der Waals surface area contributed by atoms with Crippen LogP contribution in [0.1, 0.15) is 38.6 Å². The Bertz CT molecular complexity index is 1280. The van der Waals surface area contributed by atoms with E-state index in [-0.39, 0.29) is 5.56 Å². The lowest BCUT2D eigenvalue weighted by molar-refractivity contribution is -0.144. The quantitative estimate of drug-likeness (QED) is 0.269. The Balaban J connectivity index is 2.07. The molecule has 1 atom stereocenters. The Hall–Kier alpha value is -2.47. The number of hydrogen-bond acceptors (Lipinski definition) is 6. The van der Waals surface area contributed by atoms with Crippen LogP contribution in [0.3, 0.4) is 0 Å². The lowest BCUT2D eigenvalue weighted by atomic mass is 10.2. The molecule has 1 N–H and O–H groups in total. The molecule has 0 aliphatic carbocycles. The van der Waals surface area contributed by atoms with Gasteiger partial charge in [-0.1, -0.05) is 22.9 Å². The van der Waals surface area contributed by atoms with Crippen LogP contribution in [0.15, 0.2) is 44.7 Å². The molecule has 0 fully saturated rings. The van der Waals surface area contributed by atoms with Crippen LogP contribution < -0.4 is 15.0 Å². The molecule has 10 heteroatoms.